The quantitative estimate of drug-likeness (QED) is 0.123. The Morgan fingerprint density at radius 1 is 0.808 bits per heavy atom. The lowest BCUT2D eigenvalue weighted by atomic mass is 10.0. The molecule has 4 heteroatoms. The van der Waals surface area contributed by atoms with Gasteiger partial charge in [-0.1, -0.05) is 81.9 Å². The number of allylic oxidation sites excluding steroid dienone is 2. The van der Waals surface area contributed by atoms with Gasteiger partial charge in [-0.2, -0.15) is 0 Å². The SMILES string of the molecule is CCCC=CCCCCCCCCCCCC(CC)([P+](=O)[O-])[N+](C)(C)C. The third-order valence-electron chi connectivity index (χ3n) is 5.72. The van der Waals surface area contributed by atoms with E-state index in [2.05, 4.69) is 19.1 Å². The molecule has 0 radical (unpaired) electrons. The molecule has 0 amide bonds. The fraction of sp³-hybridized carbons (Fsp3) is 0.909. The molecule has 0 aromatic rings. The van der Waals surface area contributed by atoms with E-state index in [4.69, 9.17) is 0 Å². The van der Waals surface area contributed by atoms with Crippen LogP contribution in [-0.4, -0.2) is 30.9 Å². The van der Waals surface area contributed by atoms with Gasteiger partial charge in [0.2, 0.25) is 0 Å². The molecule has 0 saturated heterocycles. The van der Waals surface area contributed by atoms with Crippen LogP contribution in [0.2, 0.25) is 0 Å². The van der Waals surface area contributed by atoms with E-state index in [1.165, 1.54) is 64.2 Å². The highest BCUT2D eigenvalue weighted by Gasteiger charge is 2.52. The summed E-state index contributed by atoms with van der Waals surface area (Å²) in [5, 5.41) is -0.596. The summed E-state index contributed by atoms with van der Waals surface area (Å²) in [6.45, 7) is 4.23. The van der Waals surface area contributed by atoms with Gasteiger partial charge >= 0.3 is 8.03 Å². The summed E-state index contributed by atoms with van der Waals surface area (Å²) in [4.78, 5) is 11.9. The summed E-state index contributed by atoms with van der Waals surface area (Å²) < 4.78 is 12.4. The maximum atomic E-state index is 11.9. The lowest BCUT2D eigenvalue weighted by Crippen LogP contribution is -2.55. The molecule has 0 bridgehead atoms. The molecule has 2 atom stereocenters. The first-order chi connectivity index (χ1) is 12.3. The topological polar surface area (TPSA) is 40.1 Å². The largest absolute Gasteiger partial charge is 0.590 e. The van der Waals surface area contributed by atoms with Crippen molar-refractivity contribution in [1.82, 2.24) is 0 Å². The molecule has 0 aliphatic carbocycles. The summed E-state index contributed by atoms with van der Waals surface area (Å²) in [6, 6.07) is 0. The molecule has 0 saturated carbocycles. The fourth-order valence-corrected chi connectivity index (χ4v) is 4.85. The van der Waals surface area contributed by atoms with Gasteiger partial charge in [0.05, 0.1) is 21.1 Å². The zero-order valence-corrected chi connectivity index (χ0v) is 19.2. The third kappa shape index (κ3) is 10.2. The molecule has 0 aliphatic heterocycles. The van der Waals surface area contributed by atoms with E-state index in [0.717, 1.165) is 19.3 Å². The van der Waals surface area contributed by atoms with Crippen LogP contribution in [0.1, 0.15) is 104 Å². The van der Waals surface area contributed by atoms with E-state index in [1.807, 2.05) is 28.1 Å². The van der Waals surface area contributed by atoms with Crippen molar-refractivity contribution in [3.63, 3.8) is 0 Å². The number of quaternary nitrogens is 1. The van der Waals surface area contributed by atoms with E-state index >= 15 is 0 Å². The Bertz CT molecular complexity index is 390. The van der Waals surface area contributed by atoms with Crippen LogP contribution in [0.5, 0.6) is 0 Å². The van der Waals surface area contributed by atoms with Crippen LogP contribution in [0.3, 0.4) is 0 Å². The molecule has 0 aliphatic rings. The number of unbranched alkanes of at least 4 members (excludes halogenated alkanes) is 10. The van der Waals surface area contributed by atoms with Crippen molar-refractivity contribution in [2.75, 3.05) is 21.1 Å². The first-order valence-electron chi connectivity index (χ1n) is 10.9. The Morgan fingerprint density at radius 3 is 1.69 bits per heavy atom. The first kappa shape index (κ1) is 25.8. The molecule has 0 aromatic heterocycles. The monoisotopic (exact) mass is 386 g/mol. The zero-order chi connectivity index (χ0) is 19.9. The van der Waals surface area contributed by atoms with Crippen LogP contribution in [-0.2, 0) is 4.57 Å². The van der Waals surface area contributed by atoms with Gasteiger partial charge in [-0.25, -0.2) is 0 Å². The van der Waals surface area contributed by atoms with Crippen molar-refractivity contribution in [2.45, 2.75) is 109 Å². The van der Waals surface area contributed by atoms with Crippen molar-refractivity contribution in [1.29, 1.82) is 0 Å². The van der Waals surface area contributed by atoms with Gasteiger partial charge in [-0.3, -0.25) is 4.48 Å². The maximum Gasteiger partial charge on any atom is 0.376 e. The molecule has 2 unspecified atom stereocenters. The molecule has 0 heterocycles. The second kappa shape index (κ2) is 14.8. The third-order valence-corrected chi connectivity index (χ3v) is 7.54. The molecule has 3 nitrogen and oxygen atoms in total. The highest BCUT2D eigenvalue weighted by Crippen LogP contribution is 2.44. The molecule has 0 spiro atoms. The van der Waals surface area contributed by atoms with E-state index < -0.39 is 13.3 Å². The smallest absolute Gasteiger partial charge is 0.376 e. The van der Waals surface area contributed by atoms with Gasteiger partial charge in [0.1, 0.15) is 0 Å². The van der Waals surface area contributed by atoms with Gasteiger partial charge in [0.15, 0.2) is 0 Å². The van der Waals surface area contributed by atoms with Crippen LogP contribution in [0.15, 0.2) is 12.2 Å². The fourth-order valence-electron chi connectivity index (χ4n) is 3.76. The summed E-state index contributed by atoms with van der Waals surface area (Å²) in [7, 11) is 3.61. The Kier molecular flexibility index (Phi) is 14.6. The zero-order valence-electron chi connectivity index (χ0n) is 18.3. The van der Waals surface area contributed by atoms with E-state index in [0.29, 0.717) is 10.9 Å². The van der Waals surface area contributed by atoms with Gasteiger partial charge in [0, 0.05) is 12.8 Å². The minimum Gasteiger partial charge on any atom is -0.590 e. The van der Waals surface area contributed by atoms with Crippen molar-refractivity contribution < 1.29 is 13.9 Å². The molecular weight excluding hydrogens is 341 g/mol. The number of hydrogen-bond donors (Lipinski definition) is 0. The van der Waals surface area contributed by atoms with E-state index in [9.17, 15) is 9.46 Å². The molecule has 0 aromatic carbocycles. The van der Waals surface area contributed by atoms with Crippen LogP contribution in [0.4, 0.5) is 0 Å². The molecule has 26 heavy (non-hydrogen) atoms. The minimum absolute atomic E-state index is 0.510. The average Bonchev–Trinajstić information content (AvgIpc) is 2.57. The van der Waals surface area contributed by atoms with Crippen molar-refractivity contribution in [3.05, 3.63) is 12.2 Å². The first-order valence-corrected chi connectivity index (χ1v) is 12.1. The average molecular weight is 387 g/mol. The van der Waals surface area contributed by atoms with Crippen molar-refractivity contribution in [3.8, 4) is 0 Å². The number of hydrogen-bond acceptors (Lipinski definition) is 2. The lowest BCUT2D eigenvalue weighted by molar-refractivity contribution is -0.910. The van der Waals surface area contributed by atoms with Crippen LogP contribution in [0, 0.1) is 0 Å². The van der Waals surface area contributed by atoms with Gasteiger partial charge in [0.25, 0.3) is 5.28 Å². The molecule has 0 fully saturated rings. The highest BCUT2D eigenvalue weighted by molar-refractivity contribution is 7.38. The summed E-state index contributed by atoms with van der Waals surface area (Å²) in [6.07, 6.45) is 21.3. The van der Waals surface area contributed by atoms with Crippen LogP contribution in [0.25, 0.3) is 0 Å². The molecular formula is C22H45NO2P+. The second-order valence-electron chi connectivity index (χ2n) is 8.59. The van der Waals surface area contributed by atoms with Gasteiger partial charge < -0.3 is 4.89 Å². The normalized spacial score (nSPS) is 15.4. The predicted octanol–water partition coefficient (Wildman–Crippen LogP) is 6.55. The summed E-state index contributed by atoms with van der Waals surface area (Å²) in [5.41, 5.74) is 0. The lowest BCUT2D eigenvalue weighted by Gasteiger charge is -2.39. The van der Waals surface area contributed by atoms with Gasteiger partial charge in [-0.15, -0.1) is 0 Å². The number of nitrogens with zero attached hydrogens (tertiary/aromatic N) is 1. The Hall–Kier alpha value is -0.240. The van der Waals surface area contributed by atoms with Crippen LogP contribution >= 0.6 is 8.03 Å². The molecule has 0 rings (SSSR count). The molecule has 0 N–H and O–H groups in total. The van der Waals surface area contributed by atoms with E-state index in [1.54, 1.807) is 0 Å². The number of rotatable bonds is 17. The highest BCUT2D eigenvalue weighted by atomic mass is 31.1. The molecule has 154 valence electrons. The Balaban J connectivity index is 3.70. The standard InChI is InChI=1S/C22H45NO2P/c1-6-8-9-10-11-12-13-14-15-16-17-18-19-20-21-22(7-2,26(24)25)23(3,4)5/h9-10H,6-8,11-21H2,1-5H3/q+1. The Labute approximate surface area is 164 Å². The summed E-state index contributed by atoms with van der Waals surface area (Å²) >= 11 is 0. The summed E-state index contributed by atoms with van der Waals surface area (Å²) in [5.74, 6) is 0. The maximum absolute atomic E-state index is 11.9. The van der Waals surface area contributed by atoms with Crippen molar-refractivity contribution in [2.24, 2.45) is 0 Å². The van der Waals surface area contributed by atoms with Crippen molar-refractivity contribution >= 4 is 8.03 Å². The predicted molar refractivity (Wildman–Crippen MR) is 113 cm³/mol. The Morgan fingerprint density at radius 2 is 1.27 bits per heavy atom. The van der Waals surface area contributed by atoms with Gasteiger partial charge in [-0.05, 0) is 25.7 Å². The van der Waals surface area contributed by atoms with E-state index in [-0.39, 0.29) is 0 Å². The van der Waals surface area contributed by atoms with Crippen LogP contribution < -0.4 is 4.89 Å². The minimum atomic E-state index is -2.41. The second-order valence-corrected chi connectivity index (χ2v) is 9.93.